The van der Waals surface area contributed by atoms with Crippen LogP contribution in [0.25, 0.3) is 0 Å². The van der Waals surface area contributed by atoms with E-state index in [9.17, 15) is 9.59 Å². The van der Waals surface area contributed by atoms with Crippen LogP contribution in [0.1, 0.15) is 0 Å². The molecule has 58 valence electrons. The summed E-state index contributed by atoms with van der Waals surface area (Å²) in [6, 6.07) is -0.771. The summed E-state index contributed by atoms with van der Waals surface area (Å²) in [5, 5.41) is 0. The largest absolute Gasteiger partial charge is 0.328 e. The minimum Gasteiger partial charge on any atom is -0.328 e. The third-order valence-corrected chi connectivity index (χ3v) is 0.845. The molecule has 0 aromatic carbocycles. The molecule has 0 rings (SSSR count). The van der Waals surface area contributed by atoms with Crippen LogP contribution in [-0.2, 0) is 9.59 Å². The Kier molecular flexibility index (Phi) is 4.17. The molecule has 0 heterocycles. The van der Waals surface area contributed by atoms with E-state index in [0.717, 1.165) is 0 Å². The topological polar surface area (TPSA) is 110 Å². The number of hydrazine groups is 1. The number of rotatable bonds is 4. The first-order chi connectivity index (χ1) is 4.72. The molecule has 6 N–H and O–H groups in total. The van der Waals surface area contributed by atoms with Crippen molar-refractivity contribution in [3.63, 3.8) is 0 Å². The van der Waals surface area contributed by atoms with Crippen molar-refractivity contribution in [2.45, 2.75) is 6.04 Å². The highest BCUT2D eigenvalue weighted by Gasteiger charge is 2.08. The molecule has 10 heavy (non-hydrogen) atoms. The Bertz CT molecular complexity index is 126. The lowest BCUT2D eigenvalue weighted by Crippen LogP contribution is -2.49. The van der Waals surface area contributed by atoms with Gasteiger partial charge >= 0.3 is 0 Å². The second-order valence-corrected chi connectivity index (χ2v) is 1.59. The van der Waals surface area contributed by atoms with Gasteiger partial charge in [0, 0.05) is 6.54 Å². The molecule has 0 aliphatic rings. The van der Waals surface area contributed by atoms with Crippen molar-refractivity contribution in [1.29, 1.82) is 0 Å². The quantitative estimate of drug-likeness (QED) is 0.251. The minimum atomic E-state index is -0.771. The molecule has 0 unspecified atom stereocenters. The molecule has 2 amide bonds. The van der Waals surface area contributed by atoms with Gasteiger partial charge in [-0.25, -0.2) is 0 Å². The lowest BCUT2D eigenvalue weighted by Gasteiger charge is -2.07. The number of carbonyl (C=O) groups excluding carboxylic acids is 2. The Morgan fingerprint density at radius 2 is 2.30 bits per heavy atom. The Morgan fingerprint density at radius 1 is 1.70 bits per heavy atom. The van der Waals surface area contributed by atoms with Gasteiger partial charge in [-0.05, 0) is 0 Å². The highest BCUT2D eigenvalue weighted by atomic mass is 16.2. The van der Waals surface area contributed by atoms with Gasteiger partial charge in [0.2, 0.25) is 6.41 Å². The van der Waals surface area contributed by atoms with E-state index < -0.39 is 11.9 Å². The van der Waals surface area contributed by atoms with Crippen molar-refractivity contribution in [3.8, 4) is 0 Å². The summed E-state index contributed by atoms with van der Waals surface area (Å²) >= 11 is 0. The molecule has 6 heteroatoms. The first-order valence-electron chi connectivity index (χ1n) is 2.67. The fourth-order valence-electron chi connectivity index (χ4n) is 0.300. The zero-order valence-electron chi connectivity index (χ0n) is 5.33. The van der Waals surface area contributed by atoms with Crippen LogP contribution in [0.5, 0.6) is 0 Å². The average molecular weight is 146 g/mol. The van der Waals surface area contributed by atoms with Gasteiger partial charge in [0.15, 0.2) is 0 Å². The number of carbonyl (C=O) groups is 2. The molecule has 0 radical (unpaired) electrons. The summed E-state index contributed by atoms with van der Waals surface area (Å²) in [6.07, 6.45) is 0.334. The molecule has 0 aliphatic carbocycles. The maximum absolute atomic E-state index is 10.6. The predicted molar refractivity (Wildman–Crippen MR) is 34.4 cm³/mol. The summed E-state index contributed by atoms with van der Waals surface area (Å²) in [6.45, 7) is 0.0480. The van der Waals surface area contributed by atoms with Crippen LogP contribution >= 0.6 is 0 Å². The van der Waals surface area contributed by atoms with Crippen molar-refractivity contribution in [1.82, 2.24) is 10.9 Å². The minimum absolute atomic E-state index is 0.0480. The molecule has 0 aliphatic heterocycles. The Labute approximate surface area is 57.9 Å². The fourth-order valence-corrected chi connectivity index (χ4v) is 0.300. The Morgan fingerprint density at radius 3 is 2.70 bits per heavy atom. The van der Waals surface area contributed by atoms with Crippen LogP contribution in [0.2, 0.25) is 0 Å². The van der Waals surface area contributed by atoms with Crippen molar-refractivity contribution in [2.24, 2.45) is 11.5 Å². The van der Waals surface area contributed by atoms with Crippen LogP contribution < -0.4 is 22.3 Å². The molecule has 0 spiro atoms. The summed E-state index contributed by atoms with van der Waals surface area (Å²) in [5.74, 6) is -0.505. The number of hydrogen-bond donors (Lipinski definition) is 4. The van der Waals surface area contributed by atoms with Gasteiger partial charge in [0.25, 0.3) is 5.91 Å². The number of nitrogens with one attached hydrogen (secondary N) is 2. The number of hydrogen-bond acceptors (Lipinski definition) is 4. The Balaban J connectivity index is 3.51. The lowest BCUT2D eigenvalue weighted by molar-refractivity contribution is -0.125. The fraction of sp³-hybridized carbons (Fsp3) is 0.500. The van der Waals surface area contributed by atoms with Crippen LogP contribution in [0.3, 0.4) is 0 Å². The van der Waals surface area contributed by atoms with E-state index in [4.69, 9.17) is 11.5 Å². The van der Waals surface area contributed by atoms with E-state index in [-0.39, 0.29) is 6.54 Å². The highest BCUT2D eigenvalue weighted by Crippen LogP contribution is 1.69. The molecule has 0 saturated carbocycles. The van der Waals surface area contributed by atoms with Gasteiger partial charge in [-0.3, -0.25) is 20.4 Å². The van der Waals surface area contributed by atoms with E-state index in [1.165, 1.54) is 0 Å². The van der Waals surface area contributed by atoms with E-state index in [1.807, 2.05) is 10.9 Å². The first-order valence-corrected chi connectivity index (χ1v) is 2.67. The molecule has 0 aromatic heterocycles. The van der Waals surface area contributed by atoms with Crippen LogP contribution in [-0.4, -0.2) is 24.9 Å². The molecule has 6 nitrogen and oxygen atoms in total. The summed E-state index contributed by atoms with van der Waals surface area (Å²) in [5.41, 5.74) is 14.2. The number of nitrogens with two attached hydrogens (primary N) is 2. The maximum atomic E-state index is 10.6. The van der Waals surface area contributed by atoms with Crippen LogP contribution in [0.4, 0.5) is 0 Å². The van der Waals surface area contributed by atoms with E-state index in [0.29, 0.717) is 6.41 Å². The molecule has 0 fully saturated rings. The molecule has 0 aromatic rings. The van der Waals surface area contributed by atoms with Gasteiger partial charge in [0.1, 0.15) is 0 Å². The second kappa shape index (κ2) is 4.71. The molecule has 0 bridgehead atoms. The molecular formula is C4H10N4O2. The van der Waals surface area contributed by atoms with Gasteiger partial charge < -0.3 is 11.5 Å². The Hall–Kier alpha value is -1.14. The third kappa shape index (κ3) is 3.00. The maximum Gasteiger partial charge on any atom is 0.256 e. The van der Waals surface area contributed by atoms with Gasteiger partial charge in [-0.1, -0.05) is 0 Å². The van der Waals surface area contributed by atoms with E-state index in [1.54, 1.807) is 0 Å². The van der Waals surface area contributed by atoms with Crippen molar-refractivity contribution < 1.29 is 9.59 Å². The number of amides is 2. The van der Waals surface area contributed by atoms with Gasteiger partial charge in [-0.15, -0.1) is 0 Å². The van der Waals surface area contributed by atoms with E-state index >= 15 is 0 Å². The monoisotopic (exact) mass is 146 g/mol. The molecular weight excluding hydrogens is 136 g/mol. The van der Waals surface area contributed by atoms with Crippen molar-refractivity contribution >= 4 is 12.3 Å². The normalized spacial score (nSPS) is 11.8. The SMILES string of the molecule is NC[C@H](N)C(=O)NNC=O. The summed E-state index contributed by atoms with van der Waals surface area (Å²) in [7, 11) is 0. The molecule has 0 saturated heterocycles. The predicted octanol–water partition coefficient (Wildman–Crippen LogP) is -2.95. The second-order valence-electron chi connectivity index (χ2n) is 1.59. The zero-order chi connectivity index (χ0) is 7.98. The van der Waals surface area contributed by atoms with E-state index in [2.05, 4.69) is 0 Å². The smallest absolute Gasteiger partial charge is 0.256 e. The standard InChI is InChI=1S/C4H10N4O2/c5-1-3(6)4(10)8-7-2-9/h2-3H,1,5-6H2,(H,7,9)(H,8,10)/t3-/m0/s1. The van der Waals surface area contributed by atoms with Crippen LogP contribution in [0.15, 0.2) is 0 Å². The highest BCUT2D eigenvalue weighted by molar-refractivity contribution is 5.82. The third-order valence-electron chi connectivity index (χ3n) is 0.845. The summed E-state index contributed by atoms with van der Waals surface area (Å²) < 4.78 is 0. The summed E-state index contributed by atoms with van der Waals surface area (Å²) in [4.78, 5) is 20.2. The van der Waals surface area contributed by atoms with Gasteiger partial charge in [-0.2, -0.15) is 0 Å². The first kappa shape index (κ1) is 8.86. The van der Waals surface area contributed by atoms with Crippen molar-refractivity contribution in [3.05, 3.63) is 0 Å². The zero-order valence-corrected chi connectivity index (χ0v) is 5.33. The van der Waals surface area contributed by atoms with Crippen molar-refractivity contribution in [2.75, 3.05) is 6.54 Å². The van der Waals surface area contributed by atoms with Gasteiger partial charge in [0.05, 0.1) is 6.04 Å². The lowest BCUT2D eigenvalue weighted by atomic mass is 10.3. The van der Waals surface area contributed by atoms with Crippen LogP contribution in [0, 0.1) is 0 Å². The molecule has 1 atom stereocenters. The average Bonchev–Trinajstić information content (AvgIpc) is 1.98.